The van der Waals surface area contributed by atoms with Crippen LogP contribution in [0, 0.1) is 14.8 Å². The Hall–Kier alpha value is -0.800. The Morgan fingerprint density at radius 2 is 1.95 bits per heavy atom. The maximum atomic E-state index is 13.9. The molecular formula is C13H18FIN2O3. The summed E-state index contributed by atoms with van der Waals surface area (Å²) in [6.07, 6.45) is 0.191. The van der Waals surface area contributed by atoms with E-state index in [1.165, 1.54) is 14.2 Å². The lowest BCUT2D eigenvalue weighted by atomic mass is 9.96. The zero-order valence-corrected chi connectivity index (χ0v) is 14.2. The summed E-state index contributed by atoms with van der Waals surface area (Å²) in [5, 5.41) is 2.69. The highest BCUT2D eigenvalue weighted by molar-refractivity contribution is 14.1. The molecule has 0 aromatic carbocycles. The second-order valence-corrected chi connectivity index (χ2v) is 6.27. The van der Waals surface area contributed by atoms with Gasteiger partial charge >= 0.3 is 0 Å². The maximum absolute atomic E-state index is 13.9. The molecule has 20 heavy (non-hydrogen) atoms. The third-order valence-electron chi connectivity index (χ3n) is 2.59. The minimum atomic E-state index is -0.852. The molecule has 0 radical (unpaired) electrons. The van der Waals surface area contributed by atoms with Gasteiger partial charge in [0.15, 0.2) is 12.1 Å². The van der Waals surface area contributed by atoms with Gasteiger partial charge in [0.2, 0.25) is 5.91 Å². The second kappa shape index (κ2) is 6.77. The third kappa shape index (κ3) is 3.86. The fourth-order valence-corrected chi connectivity index (χ4v) is 2.20. The molecule has 1 amide bonds. The van der Waals surface area contributed by atoms with Gasteiger partial charge in [0, 0.05) is 19.6 Å². The van der Waals surface area contributed by atoms with Crippen molar-refractivity contribution < 1.29 is 18.7 Å². The van der Waals surface area contributed by atoms with E-state index in [0.29, 0.717) is 9.39 Å². The number of rotatable bonds is 4. The van der Waals surface area contributed by atoms with E-state index in [2.05, 4.69) is 10.3 Å². The van der Waals surface area contributed by atoms with Crippen LogP contribution in [0.3, 0.4) is 0 Å². The first-order valence-electron chi connectivity index (χ1n) is 5.93. The van der Waals surface area contributed by atoms with Crippen molar-refractivity contribution in [2.45, 2.75) is 27.1 Å². The van der Waals surface area contributed by atoms with Crippen LogP contribution in [0.4, 0.5) is 10.2 Å². The average molecular weight is 396 g/mol. The number of anilines is 1. The lowest BCUT2D eigenvalue weighted by Gasteiger charge is -2.20. The number of nitrogens with one attached hydrogen (secondary N) is 1. The number of amides is 1. The first kappa shape index (κ1) is 17.3. The number of carbonyl (C=O) groups is 1. The molecule has 112 valence electrons. The molecule has 1 N–H and O–H groups in total. The van der Waals surface area contributed by atoms with Crippen LogP contribution in [0.15, 0.2) is 6.20 Å². The van der Waals surface area contributed by atoms with Gasteiger partial charge in [-0.1, -0.05) is 20.8 Å². The van der Waals surface area contributed by atoms with E-state index < -0.39 is 17.5 Å². The molecule has 0 atom stereocenters. The zero-order valence-electron chi connectivity index (χ0n) is 12.1. The summed E-state index contributed by atoms with van der Waals surface area (Å²) in [6.45, 7) is 5.35. The van der Waals surface area contributed by atoms with Crippen molar-refractivity contribution in [3.8, 4) is 0 Å². The molecule has 0 bridgehead atoms. The van der Waals surface area contributed by atoms with Crippen LogP contribution < -0.4 is 5.32 Å². The van der Waals surface area contributed by atoms with Crippen LogP contribution in [0.25, 0.3) is 0 Å². The fraction of sp³-hybridized carbons (Fsp3) is 0.538. The predicted octanol–water partition coefficient (Wildman–Crippen LogP) is 3.10. The molecule has 1 heterocycles. The molecule has 0 spiro atoms. The van der Waals surface area contributed by atoms with Crippen molar-refractivity contribution in [1.82, 2.24) is 4.98 Å². The number of hydrogen-bond acceptors (Lipinski definition) is 4. The maximum Gasteiger partial charge on any atom is 0.230 e. The summed E-state index contributed by atoms with van der Waals surface area (Å²) < 4.78 is 24.5. The molecule has 0 aliphatic rings. The number of methoxy groups -OCH3 is 2. The molecule has 0 aliphatic heterocycles. The highest BCUT2D eigenvalue weighted by atomic mass is 127. The Morgan fingerprint density at radius 1 is 1.40 bits per heavy atom. The van der Waals surface area contributed by atoms with Gasteiger partial charge in [-0.05, 0) is 22.6 Å². The molecule has 0 saturated heterocycles. The Kier molecular flexibility index (Phi) is 5.84. The van der Waals surface area contributed by atoms with Crippen LogP contribution in [0.1, 0.15) is 32.6 Å². The lowest BCUT2D eigenvalue weighted by Crippen LogP contribution is -2.28. The van der Waals surface area contributed by atoms with Crippen LogP contribution in [-0.4, -0.2) is 25.1 Å². The fourth-order valence-electron chi connectivity index (χ4n) is 1.41. The van der Waals surface area contributed by atoms with Crippen LogP contribution in [0.2, 0.25) is 0 Å². The number of aromatic nitrogens is 1. The quantitative estimate of drug-likeness (QED) is 0.628. The number of pyridine rings is 1. The lowest BCUT2D eigenvalue weighted by molar-refractivity contribution is -0.123. The highest BCUT2D eigenvalue weighted by Gasteiger charge is 2.26. The minimum Gasteiger partial charge on any atom is -0.352 e. The van der Waals surface area contributed by atoms with Gasteiger partial charge in [-0.15, -0.1) is 0 Å². The van der Waals surface area contributed by atoms with Gasteiger partial charge in [0.1, 0.15) is 5.82 Å². The first-order valence-corrected chi connectivity index (χ1v) is 7.01. The van der Waals surface area contributed by atoms with Crippen molar-refractivity contribution in [3.05, 3.63) is 21.1 Å². The van der Waals surface area contributed by atoms with Crippen molar-refractivity contribution in [1.29, 1.82) is 0 Å². The second-order valence-electron chi connectivity index (χ2n) is 5.19. The molecule has 0 fully saturated rings. The van der Waals surface area contributed by atoms with Gasteiger partial charge in [-0.25, -0.2) is 9.37 Å². The van der Waals surface area contributed by atoms with Gasteiger partial charge < -0.3 is 14.8 Å². The van der Waals surface area contributed by atoms with Crippen LogP contribution >= 0.6 is 22.6 Å². The van der Waals surface area contributed by atoms with E-state index in [0.717, 1.165) is 6.20 Å². The van der Waals surface area contributed by atoms with Crippen molar-refractivity contribution in [2.75, 3.05) is 19.5 Å². The molecule has 1 aromatic heterocycles. The number of nitrogens with zero attached hydrogens (tertiary/aromatic N) is 1. The van der Waals surface area contributed by atoms with Gasteiger partial charge in [0.05, 0.1) is 15.3 Å². The predicted molar refractivity (Wildman–Crippen MR) is 81.8 cm³/mol. The SMILES string of the molecule is COC(OC)c1c(F)cnc(NC(=O)C(C)(C)C)c1I. The molecule has 0 aliphatic carbocycles. The standard InChI is InChI=1S/C13H18FIN2O3/c1-13(2,3)12(18)17-10-9(15)8(7(14)6-16-10)11(19-4)20-5/h6,11H,1-5H3,(H,16,17,18). The molecule has 1 rings (SSSR count). The van der Waals surface area contributed by atoms with Gasteiger partial charge in [0.25, 0.3) is 0 Å². The van der Waals surface area contributed by atoms with Crippen molar-refractivity contribution in [3.63, 3.8) is 0 Å². The average Bonchev–Trinajstić information content (AvgIpc) is 2.36. The summed E-state index contributed by atoms with van der Waals surface area (Å²) in [7, 11) is 2.83. The van der Waals surface area contributed by atoms with E-state index in [4.69, 9.17) is 9.47 Å². The van der Waals surface area contributed by atoms with Crippen LogP contribution in [-0.2, 0) is 14.3 Å². The smallest absolute Gasteiger partial charge is 0.230 e. The van der Waals surface area contributed by atoms with Crippen molar-refractivity contribution >= 4 is 34.3 Å². The Labute approximate surface area is 131 Å². The van der Waals surface area contributed by atoms with E-state index in [-0.39, 0.29) is 11.5 Å². The van der Waals surface area contributed by atoms with E-state index in [1.54, 1.807) is 20.8 Å². The van der Waals surface area contributed by atoms with E-state index in [1.807, 2.05) is 22.6 Å². The topological polar surface area (TPSA) is 60.5 Å². The Bertz CT molecular complexity index is 499. The highest BCUT2D eigenvalue weighted by Crippen LogP contribution is 2.30. The zero-order chi connectivity index (χ0) is 15.5. The minimum absolute atomic E-state index is 0.202. The Balaban J connectivity index is 3.18. The molecule has 1 aromatic rings. The number of carbonyl (C=O) groups excluding carboxylic acids is 1. The monoisotopic (exact) mass is 396 g/mol. The molecule has 5 nitrogen and oxygen atoms in total. The number of hydrogen-bond donors (Lipinski definition) is 1. The van der Waals surface area contributed by atoms with Crippen LogP contribution in [0.5, 0.6) is 0 Å². The summed E-state index contributed by atoms with van der Waals surface area (Å²) in [5.41, 5.74) is -0.351. The molecular weight excluding hydrogens is 378 g/mol. The largest absolute Gasteiger partial charge is 0.352 e. The molecule has 7 heteroatoms. The molecule has 0 saturated carbocycles. The van der Waals surface area contributed by atoms with Gasteiger partial charge in [-0.3, -0.25) is 4.79 Å². The normalized spacial score (nSPS) is 11.8. The summed E-state index contributed by atoms with van der Waals surface area (Å²) in [4.78, 5) is 15.9. The Morgan fingerprint density at radius 3 is 2.40 bits per heavy atom. The number of ether oxygens (including phenoxy) is 2. The van der Waals surface area contributed by atoms with Gasteiger partial charge in [-0.2, -0.15) is 0 Å². The van der Waals surface area contributed by atoms with Crippen molar-refractivity contribution in [2.24, 2.45) is 5.41 Å². The summed E-state index contributed by atoms with van der Waals surface area (Å²) >= 11 is 1.91. The number of halogens is 2. The summed E-state index contributed by atoms with van der Waals surface area (Å²) in [6, 6.07) is 0. The summed E-state index contributed by atoms with van der Waals surface area (Å²) in [5.74, 6) is -0.454. The first-order chi connectivity index (χ1) is 9.22. The van der Waals surface area contributed by atoms with E-state index in [9.17, 15) is 9.18 Å². The van der Waals surface area contributed by atoms with E-state index >= 15 is 0 Å². The molecule has 0 unspecified atom stereocenters. The third-order valence-corrected chi connectivity index (χ3v) is 3.68.